The Bertz CT molecular complexity index is 514. The number of carbonyl (C=O) groups excluding carboxylic acids is 1. The summed E-state index contributed by atoms with van der Waals surface area (Å²) < 4.78 is 73.4. The van der Waals surface area contributed by atoms with E-state index in [1.807, 2.05) is 4.72 Å². The highest BCUT2D eigenvalue weighted by atomic mass is 32.2. The highest BCUT2D eigenvalue weighted by molar-refractivity contribution is 7.84. The van der Waals surface area contributed by atoms with Crippen molar-refractivity contribution in [2.75, 3.05) is 7.05 Å². The highest BCUT2D eigenvalue weighted by Gasteiger charge is 2.57. The van der Waals surface area contributed by atoms with Gasteiger partial charge in [-0.05, 0) is 39.0 Å². The van der Waals surface area contributed by atoms with E-state index >= 15 is 0 Å². The van der Waals surface area contributed by atoms with Gasteiger partial charge in [-0.25, -0.2) is 0 Å². The number of esters is 1. The van der Waals surface area contributed by atoms with E-state index in [0.29, 0.717) is 0 Å². The first kappa shape index (κ1) is 20.2. The fourth-order valence-electron chi connectivity index (χ4n) is 2.22. The fraction of sp³-hybridized carbons (Fsp3) is 0.923. The molecular weight excluding hydrogens is 339 g/mol. The molecule has 0 amide bonds. The van der Waals surface area contributed by atoms with E-state index in [0.717, 1.165) is 6.92 Å². The largest absolute Gasteiger partial charge is 0.462 e. The second-order valence-electron chi connectivity index (χ2n) is 5.74. The Kier molecular flexibility index (Phi) is 6.45. The quantitative estimate of drug-likeness (QED) is 0.734. The predicted molar refractivity (Wildman–Crippen MR) is 75.7 cm³/mol. The minimum Gasteiger partial charge on any atom is -0.462 e. The Morgan fingerprint density at radius 1 is 1.17 bits per heavy atom. The van der Waals surface area contributed by atoms with E-state index in [2.05, 4.69) is 0 Å². The van der Waals surface area contributed by atoms with Crippen molar-refractivity contribution in [2.24, 2.45) is 5.41 Å². The molecule has 0 saturated heterocycles. The molecule has 1 rings (SSSR count). The molecule has 0 heterocycles. The first-order chi connectivity index (χ1) is 10.4. The maximum absolute atomic E-state index is 13.0. The number of hydrogen-bond acceptors (Lipinski definition) is 5. The number of carbonyl (C=O) groups is 1. The molecule has 0 aliphatic heterocycles. The highest BCUT2D eigenvalue weighted by Crippen LogP contribution is 2.42. The van der Waals surface area contributed by atoms with E-state index in [1.54, 1.807) is 0 Å². The second-order valence-corrected chi connectivity index (χ2v) is 7.25. The summed E-state index contributed by atoms with van der Waals surface area (Å²) in [6.07, 6.45) is -5.23. The van der Waals surface area contributed by atoms with Crippen molar-refractivity contribution < 1.29 is 35.3 Å². The van der Waals surface area contributed by atoms with Crippen LogP contribution in [0.25, 0.3) is 0 Å². The molecule has 1 aliphatic rings. The standard InChI is InChI=1S/C13H22F3NO5S/c1-4-12(2,13(14,15)16)11(18)21-9-5-7-10(8-6-9)22-23(19,20)17-3/h9-10,17H,4-8H2,1-3H3. The molecule has 1 N–H and O–H groups in total. The molecule has 0 aromatic carbocycles. The molecular formula is C13H22F3NO5S. The molecule has 0 spiro atoms. The van der Waals surface area contributed by atoms with Crippen molar-refractivity contribution in [1.29, 1.82) is 0 Å². The van der Waals surface area contributed by atoms with E-state index in [9.17, 15) is 26.4 Å². The van der Waals surface area contributed by atoms with Crippen molar-refractivity contribution >= 4 is 16.3 Å². The average molecular weight is 361 g/mol. The van der Waals surface area contributed by atoms with Crippen molar-refractivity contribution in [3.8, 4) is 0 Å². The van der Waals surface area contributed by atoms with Gasteiger partial charge in [0.05, 0.1) is 6.10 Å². The second kappa shape index (κ2) is 7.35. The lowest BCUT2D eigenvalue weighted by molar-refractivity contribution is -0.234. The summed E-state index contributed by atoms with van der Waals surface area (Å²) >= 11 is 0. The number of ether oxygens (including phenoxy) is 1. The molecule has 1 aliphatic carbocycles. The topological polar surface area (TPSA) is 81.7 Å². The number of halogens is 3. The monoisotopic (exact) mass is 361 g/mol. The minimum absolute atomic E-state index is 0.257. The first-order valence-electron chi connectivity index (χ1n) is 7.34. The van der Waals surface area contributed by atoms with E-state index in [-0.39, 0.29) is 25.7 Å². The molecule has 1 saturated carbocycles. The molecule has 6 nitrogen and oxygen atoms in total. The zero-order valence-electron chi connectivity index (χ0n) is 13.3. The summed E-state index contributed by atoms with van der Waals surface area (Å²) in [5.74, 6) is -1.29. The third-order valence-electron chi connectivity index (χ3n) is 4.19. The Morgan fingerprint density at radius 2 is 1.65 bits per heavy atom. The van der Waals surface area contributed by atoms with Crippen LogP contribution < -0.4 is 4.72 Å². The lowest BCUT2D eigenvalue weighted by Crippen LogP contribution is -2.45. The average Bonchev–Trinajstić information content (AvgIpc) is 2.46. The number of nitrogens with one attached hydrogen (secondary N) is 1. The minimum atomic E-state index is -4.68. The van der Waals surface area contributed by atoms with Crippen LogP contribution >= 0.6 is 0 Å². The molecule has 1 atom stereocenters. The summed E-state index contributed by atoms with van der Waals surface area (Å²) in [5, 5.41) is 0. The van der Waals surface area contributed by atoms with Crippen LogP contribution in [0, 0.1) is 5.41 Å². The van der Waals surface area contributed by atoms with Gasteiger partial charge in [0.25, 0.3) is 0 Å². The molecule has 0 aromatic rings. The molecule has 136 valence electrons. The molecule has 0 aromatic heterocycles. The van der Waals surface area contributed by atoms with Crippen molar-refractivity contribution in [3.63, 3.8) is 0 Å². The van der Waals surface area contributed by atoms with Gasteiger partial charge in [0.2, 0.25) is 0 Å². The van der Waals surface area contributed by atoms with Crippen LogP contribution in [-0.2, 0) is 24.0 Å². The first-order valence-corrected chi connectivity index (χ1v) is 8.75. The maximum atomic E-state index is 13.0. The van der Waals surface area contributed by atoms with Gasteiger partial charge in [0.15, 0.2) is 5.41 Å². The van der Waals surface area contributed by atoms with Gasteiger partial charge < -0.3 is 4.74 Å². The van der Waals surface area contributed by atoms with E-state index in [4.69, 9.17) is 8.92 Å². The predicted octanol–water partition coefficient (Wildman–Crippen LogP) is 2.30. The number of alkyl halides is 3. The van der Waals surface area contributed by atoms with Crippen LogP contribution in [0.5, 0.6) is 0 Å². The Hall–Kier alpha value is -0.870. The molecule has 0 radical (unpaired) electrons. The fourth-order valence-corrected chi connectivity index (χ4v) is 2.86. The Morgan fingerprint density at radius 3 is 2.04 bits per heavy atom. The van der Waals surface area contributed by atoms with Crippen LogP contribution in [0.4, 0.5) is 13.2 Å². The molecule has 10 heteroatoms. The zero-order chi connectivity index (χ0) is 17.9. The normalized spacial score (nSPS) is 25.7. The molecule has 1 fully saturated rings. The summed E-state index contributed by atoms with van der Waals surface area (Å²) in [6, 6.07) is 0. The van der Waals surface area contributed by atoms with Crippen LogP contribution in [-0.4, -0.2) is 39.8 Å². The smallest absolute Gasteiger partial charge is 0.404 e. The van der Waals surface area contributed by atoms with Crippen LogP contribution in [0.15, 0.2) is 0 Å². The van der Waals surface area contributed by atoms with Crippen molar-refractivity contribution in [1.82, 2.24) is 4.72 Å². The summed E-state index contributed by atoms with van der Waals surface area (Å²) in [4.78, 5) is 11.9. The van der Waals surface area contributed by atoms with Gasteiger partial charge in [0, 0.05) is 7.05 Å². The zero-order valence-corrected chi connectivity index (χ0v) is 14.1. The lowest BCUT2D eigenvalue weighted by Gasteiger charge is -2.33. The van der Waals surface area contributed by atoms with Gasteiger partial charge in [-0.15, -0.1) is 0 Å². The molecule has 1 unspecified atom stereocenters. The van der Waals surface area contributed by atoms with Crippen LogP contribution in [0.3, 0.4) is 0 Å². The van der Waals surface area contributed by atoms with Gasteiger partial charge >= 0.3 is 22.4 Å². The molecule has 23 heavy (non-hydrogen) atoms. The van der Waals surface area contributed by atoms with Crippen LogP contribution in [0.1, 0.15) is 46.0 Å². The number of rotatable bonds is 6. The van der Waals surface area contributed by atoms with Gasteiger partial charge in [-0.3, -0.25) is 8.98 Å². The van der Waals surface area contributed by atoms with Crippen molar-refractivity contribution in [2.45, 2.75) is 64.3 Å². The van der Waals surface area contributed by atoms with Gasteiger partial charge in [-0.1, -0.05) is 6.92 Å². The Balaban J connectivity index is 2.58. The summed E-state index contributed by atoms with van der Waals surface area (Å²) in [7, 11) is -2.60. The summed E-state index contributed by atoms with van der Waals surface area (Å²) in [5.41, 5.74) is -2.53. The van der Waals surface area contributed by atoms with E-state index in [1.165, 1.54) is 14.0 Å². The number of hydrogen-bond donors (Lipinski definition) is 1. The van der Waals surface area contributed by atoms with Crippen LogP contribution in [0.2, 0.25) is 0 Å². The summed E-state index contributed by atoms with van der Waals surface area (Å²) in [6.45, 7) is 2.10. The SMILES string of the molecule is CCC(C)(C(=O)OC1CCC(OS(=O)(=O)NC)CC1)C(F)(F)F. The Labute approximate surface area is 134 Å². The van der Waals surface area contributed by atoms with Gasteiger partial charge in [-0.2, -0.15) is 26.3 Å². The van der Waals surface area contributed by atoms with Gasteiger partial charge in [0.1, 0.15) is 6.10 Å². The molecule has 0 bridgehead atoms. The lowest BCUT2D eigenvalue weighted by atomic mass is 9.86. The third-order valence-corrected chi connectivity index (χ3v) is 5.22. The van der Waals surface area contributed by atoms with E-state index < -0.39 is 46.5 Å². The third kappa shape index (κ3) is 5.05. The van der Waals surface area contributed by atoms with Crippen molar-refractivity contribution in [3.05, 3.63) is 0 Å². The maximum Gasteiger partial charge on any atom is 0.404 e.